The highest BCUT2D eigenvalue weighted by atomic mass is 79.9. The quantitative estimate of drug-likeness (QED) is 0.660. The van der Waals surface area contributed by atoms with E-state index < -0.39 is 0 Å². The van der Waals surface area contributed by atoms with Gasteiger partial charge in [0.05, 0.1) is 0 Å². The van der Waals surface area contributed by atoms with Gasteiger partial charge in [0.1, 0.15) is 16.3 Å². The van der Waals surface area contributed by atoms with E-state index in [-0.39, 0.29) is 4.83 Å². The van der Waals surface area contributed by atoms with Crippen molar-refractivity contribution in [2.24, 2.45) is 0 Å². The fourth-order valence-electron chi connectivity index (χ4n) is 1.47. The van der Waals surface area contributed by atoms with Crippen LogP contribution in [0.2, 0.25) is 0 Å². The van der Waals surface area contributed by atoms with Crippen molar-refractivity contribution in [3.63, 3.8) is 0 Å². The van der Waals surface area contributed by atoms with Crippen molar-refractivity contribution in [2.45, 2.75) is 25.1 Å². The summed E-state index contributed by atoms with van der Waals surface area (Å²) in [6, 6.07) is 6.23. The van der Waals surface area contributed by atoms with Crippen molar-refractivity contribution in [1.29, 1.82) is 0 Å². The van der Waals surface area contributed by atoms with Crippen LogP contribution in [0.3, 0.4) is 0 Å². The average molecular weight is 364 g/mol. The molecule has 16 heavy (non-hydrogen) atoms. The summed E-state index contributed by atoms with van der Waals surface area (Å²) in [5.74, 6) is 2.01. The van der Waals surface area contributed by atoms with E-state index in [0.717, 1.165) is 17.9 Å². The second-order valence-electron chi connectivity index (χ2n) is 3.57. The Morgan fingerprint density at radius 1 is 1.44 bits per heavy atom. The summed E-state index contributed by atoms with van der Waals surface area (Å²) >= 11 is 9.00. The highest BCUT2D eigenvalue weighted by Crippen LogP contribution is 2.39. The minimum atomic E-state index is 0.155. The summed E-state index contributed by atoms with van der Waals surface area (Å²) in [4.78, 5) is 2.71. The number of hydrogen-bond donors (Lipinski definition) is 0. The van der Waals surface area contributed by atoms with Crippen LogP contribution in [-0.2, 0) is 6.42 Å². The Bertz CT molecular complexity index is 467. The highest BCUT2D eigenvalue weighted by Gasteiger charge is 2.17. The van der Waals surface area contributed by atoms with Gasteiger partial charge in [-0.1, -0.05) is 22.9 Å². The summed E-state index contributed by atoms with van der Waals surface area (Å²) in [5, 5.41) is 0. The Morgan fingerprint density at radius 3 is 2.69 bits per heavy atom. The molecule has 2 rings (SSSR count). The third-order valence-electron chi connectivity index (χ3n) is 2.41. The molecule has 0 aromatic carbocycles. The van der Waals surface area contributed by atoms with Crippen molar-refractivity contribution in [1.82, 2.24) is 0 Å². The molecule has 0 spiro atoms. The Kier molecular flexibility index (Phi) is 3.93. The minimum Gasteiger partial charge on any atom is -0.465 e. The Balaban J connectivity index is 2.27. The monoisotopic (exact) mass is 362 g/mol. The van der Waals surface area contributed by atoms with Crippen molar-refractivity contribution in [2.75, 3.05) is 0 Å². The summed E-state index contributed by atoms with van der Waals surface area (Å²) in [6.45, 7) is 4.20. The normalized spacial score (nSPS) is 13.0. The summed E-state index contributed by atoms with van der Waals surface area (Å²) in [6.07, 6.45) is 0.937. The topological polar surface area (TPSA) is 13.1 Å². The highest BCUT2D eigenvalue weighted by molar-refractivity contribution is 9.10. The molecule has 2 aromatic heterocycles. The SMILES string of the molecule is CCc1ccc(C(Br)c2cc(Br)c(C)s2)o1. The summed E-state index contributed by atoms with van der Waals surface area (Å²) < 4.78 is 6.91. The van der Waals surface area contributed by atoms with Crippen LogP contribution in [0.25, 0.3) is 0 Å². The van der Waals surface area contributed by atoms with Gasteiger partial charge in [-0.05, 0) is 41.1 Å². The lowest BCUT2D eigenvalue weighted by molar-refractivity contribution is 0.478. The van der Waals surface area contributed by atoms with E-state index in [1.54, 1.807) is 11.3 Å². The number of rotatable bonds is 3. The summed E-state index contributed by atoms with van der Waals surface area (Å²) in [5.41, 5.74) is 0. The first kappa shape index (κ1) is 12.4. The van der Waals surface area contributed by atoms with Crippen LogP contribution in [-0.4, -0.2) is 0 Å². The molecular formula is C12H12Br2OS. The molecule has 86 valence electrons. The molecule has 1 unspecified atom stereocenters. The fraction of sp³-hybridized carbons (Fsp3) is 0.333. The van der Waals surface area contributed by atoms with E-state index in [4.69, 9.17) is 4.42 Å². The third-order valence-corrected chi connectivity index (χ3v) is 5.86. The maximum absolute atomic E-state index is 5.74. The maximum atomic E-state index is 5.74. The molecule has 0 N–H and O–H groups in total. The van der Waals surface area contributed by atoms with Gasteiger partial charge < -0.3 is 4.42 Å². The Morgan fingerprint density at radius 2 is 2.19 bits per heavy atom. The largest absolute Gasteiger partial charge is 0.465 e. The van der Waals surface area contributed by atoms with Crippen LogP contribution in [0.5, 0.6) is 0 Å². The zero-order valence-corrected chi connectivity index (χ0v) is 13.1. The number of thiophene rings is 1. The van der Waals surface area contributed by atoms with Gasteiger partial charge in [0, 0.05) is 20.6 Å². The van der Waals surface area contributed by atoms with Gasteiger partial charge in [-0.3, -0.25) is 0 Å². The Hall–Kier alpha value is -0.0600. The van der Waals surface area contributed by atoms with E-state index >= 15 is 0 Å². The molecule has 2 heterocycles. The second kappa shape index (κ2) is 5.07. The van der Waals surface area contributed by atoms with Crippen molar-refractivity contribution < 1.29 is 4.42 Å². The van der Waals surface area contributed by atoms with Crippen LogP contribution >= 0.6 is 43.2 Å². The van der Waals surface area contributed by atoms with Gasteiger partial charge in [0.15, 0.2) is 0 Å². The van der Waals surface area contributed by atoms with E-state index in [0.29, 0.717) is 0 Å². The lowest BCUT2D eigenvalue weighted by Crippen LogP contribution is -1.85. The number of alkyl halides is 1. The number of furan rings is 1. The third kappa shape index (κ3) is 2.44. The first-order valence-corrected chi connectivity index (χ1v) is 7.62. The maximum Gasteiger partial charge on any atom is 0.123 e. The molecule has 0 radical (unpaired) electrons. The van der Waals surface area contributed by atoms with Gasteiger partial charge in [-0.25, -0.2) is 0 Å². The first-order valence-electron chi connectivity index (χ1n) is 5.10. The van der Waals surface area contributed by atoms with Gasteiger partial charge in [0.2, 0.25) is 0 Å². The van der Waals surface area contributed by atoms with Crippen molar-refractivity contribution >= 4 is 43.2 Å². The molecule has 0 saturated heterocycles. The lowest BCUT2D eigenvalue weighted by Gasteiger charge is -2.03. The molecule has 0 aliphatic heterocycles. The molecule has 2 aromatic rings. The van der Waals surface area contributed by atoms with E-state index in [2.05, 4.69) is 51.8 Å². The van der Waals surface area contributed by atoms with Crippen LogP contribution < -0.4 is 0 Å². The zero-order chi connectivity index (χ0) is 11.7. The predicted molar refractivity (Wildman–Crippen MR) is 75.6 cm³/mol. The smallest absolute Gasteiger partial charge is 0.123 e. The van der Waals surface area contributed by atoms with Crippen molar-refractivity contribution in [3.05, 3.63) is 43.9 Å². The standard InChI is InChI=1S/C12H12Br2OS/c1-3-8-4-5-10(15-8)12(14)11-6-9(13)7(2)16-11/h4-6,12H,3H2,1-2H3. The van der Waals surface area contributed by atoms with Crippen LogP contribution in [0, 0.1) is 6.92 Å². The van der Waals surface area contributed by atoms with E-state index in [1.807, 2.05) is 12.1 Å². The molecule has 1 nitrogen and oxygen atoms in total. The molecular weight excluding hydrogens is 352 g/mol. The van der Waals surface area contributed by atoms with E-state index in [9.17, 15) is 0 Å². The molecule has 0 aliphatic carbocycles. The second-order valence-corrected chi connectivity index (χ2v) is 6.63. The number of halogens is 2. The minimum absolute atomic E-state index is 0.155. The molecule has 0 aliphatic rings. The van der Waals surface area contributed by atoms with Crippen molar-refractivity contribution in [3.8, 4) is 0 Å². The zero-order valence-electron chi connectivity index (χ0n) is 9.09. The fourth-order valence-corrected chi connectivity index (χ4v) is 3.67. The molecule has 0 fully saturated rings. The van der Waals surface area contributed by atoms with Gasteiger partial charge >= 0.3 is 0 Å². The van der Waals surface area contributed by atoms with Gasteiger partial charge in [-0.15, -0.1) is 11.3 Å². The van der Waals surface area contributed by atoms with Crippen LogP contribution in [0.1, 0.15) is 33.0 Å². The average Bonchev–Trinajstić information content (AvgIpc) is 2.86. The summed E-state index contributed by atoms with van der Waals surface area (Å²) in [7, 11) is 0. The lowest BCUT2D eigenvalue weighted by atomic mass is 10.3. The molecule has 0 amide bonds. The van der Waals surface area contributed by atoms with E-state index in [1.165, 1.54) is 14.2 Å². The molecule has 4 heteroatoms. The van der Waals surface area contributed by atoms with Gasteiger partial charge in [0.25, 0.3) is 0 Å². The first-order chi connectivity index (χ1) is 7.61. The number of hydrogen-bond acceptors (Lipinski definition) is 2. The molecule has 0 saturated carbocycles. The van der Waals surface area contributed by atoms with Crippen LogP contribution in [0.4, 0.5) is 0 Å². The number of aryl methyl sites for hydroxylation is 2. The Labute approximate surface area is 116 Å². The molecule has 0 bridgehead atoms. The van der Waals surface area contributed by atoms with Gasteiger partial charge in [-0.2, -0.15) is 0 Å². The predicted octanol–water partition coefficient (Wildman–Crippen LogP) is 5.46. The van der Waals surface area contributed by atoms with Crippen LogP contribution in [0.15, 0.2) is 27.1 Å². The molecule has 1 atom stereocenters.